The first-order valence-electron chi connectivity index (χ1n) is 4.37. The van der Waals surface area contributed by atoms with Crippen LogP contribution in [0.4, 0.5) is 17.6 Å². The molecule has 0 aliphatic carbocycles. The summed E-state index contributed by atoms with van der Waals surface area (Å²) in [5.74, 6) is -11.0. The van der Waals surface area contributed by atoms with Gasteiger partial charge < -0.3 is 9.52 Å². The Morgan fingerprint density at radius 1 is 1.06 bits per heavy atom. The molecule has 18 heavy (non-hydrogen) atoms. The number of carbonyl (C=O) groups is 1. The Kier molecular flexibility index (Phi) is 2.57. The second-order valence-corrected chi connectivity index (χ2v) is 3.24. The van der Waals surface area contributed by atoms with Crippen molar-refractivity contribution in [2.45, 2.75) is 0 Å². The zero-order valence-electron chi connectivity index (χ0n) is 8.26. The van der Waals surface area contributed by atoms with Gasteiger partial charge in [0.05, 0.1) is 0 Å². The molecule has 0 unspecified atom stereocenters. The molecular formula is C10H2F4O4. The molecule has 0 aliphatic heterocycles. The van der Waals surface area contributed by atoms with Crippen molar-refractivity contribution >= 4 is 16.9 Å². The summed E-state index contributed by atoms with van der Waals surface area (Å²) < 4.78 is 56.6. The zero-order valence-corrected chi connectivity index (χ0v) is 8.26. The van der Waals surface area contributed by atoms with Gasteiger partial charge in [-0.1, -0.05) is 0 Å². The van der Waals surface area contributed by atoms with E-state index in [1.54, 1.807) is 0 Å². The van der Waals surface area contributed by atoms with Gasteiger partial charge in [0.15, 0.2) is 22.6 Å². The predicted molar refractivity (Wildman–Crippen MR) is 49.3 cm³/mol. The molecule has 4 nitrogen and oxygen atoms in total. The van der Waals surface area contributed by atoms with E-state index in [9.17, 15) is 27.2 Å². The second-order valence-electron chi connectivity index (χ2n) is 3.24. The molecule has 94 valence electrons. The quantitative estimate of drug-likeness (QED) is 0.485. The minimum atomic E-state index is -2.19. The second kappa shape index (κ2) is 3.83. The van der Waals surface area contributed by atoms with Gasteiger partial charge in [-0.3, -0.25) is 4.79 Å². The number of aromatic carboxylic acids is 1. The minimum absolute atomic E-state index is 0.338. The summed E-state index contributed by atoms with van der Waals surface area (Å²) in [6.07, 6.45) is 0. The third-order valence-corrected chi connectivity index (χ3v) is 2.16. The van der Waals surface area contributed by atoms with Crippen molar-refractivity contribution in [2.24, 2.45) is 0 Å². The molecule has 0 atom stereocenters. The lowest BCUT2D eigenvalue weighted by atomic mass is 10.2. The van der Waals surface area contributed by atoms with Crippen molar-refractivity contribution in [3.05, 3.63) is 45.3 Å². The van der Waals surface area contributed by atoms with E-state index in [0.717, 1.165) is 0 Å². The number of hydrogen-bond acceptors (Lipinski definition) is 3. The van der Waals surface area contributed by atoms with Crippen LogP contribution >= 0.6 is 0 Å². The van der Waals surface area contributed by atoms with Crippen molar-refractivity contribution in [3.63, 3.8) is 0 Å². The lowest BCUT2D eigenvalue weighted by molar-refractivity contribution is 0.0662. The van der Waals surface area contributed by atoms with Crippen LogP contribution in [0.15, 0.2) is 15.3 Å². The average molecular weight is 262 g/mol. The molecule has 1 aromatic carbocycles. The Morgan fingerprint density at radius 2 is 1.61 bits per heavy atom. The maximum Gasteiger partial charge on any atom is 0.371 e. The summed E-state index contributed by atoms with van der Waals surface area (Å²) in [5, 5.41) is 7.35. The number of benzene rings is 1. The highest BCUT2D eigenvalue weighted by Crippen LogP contribution is 2.25. The number of hydrogen-bond donors (Lipinski definition) is 1. The SMILES string of the molecule is O=C(O)c1cc(=O)c2c(F)c(F)c(F)c(F)c2o1. The maximum absolute atomic E-state index is 13.3. The molecular weight excluding hydrogens is 260 g/mol. The first kappa shape index (κ1) is 12.1. The summed E-state index contributed by atoms with van der Waals surface area (Å²) in [4.78, 5) is 21.8. The molecule has 8 heteroatoms. The molecule has 0 saturated carbocycles. The van der Waals surface area contributed by atoms with Gasteiger partial charge in [0, 0.05) is 6.07 Å². The van der Waals surface area contributed by atoms with Crippen LogP contribution in [0.5, 0.6) is 0 Å². The van der Waals surface area contributed by atoms with Gasteiger partial charge in [-0.25, -0.2) is 18.0 Å². The van der Waals surface area contributed by atoms with Gasteiger partial charge in [-0.2, -0.15) is 4.39 Å². The minimum Gasteiger partial charge on any atom is -0.475 e. The van der Waals surface area contributed by atoms with Crippen molar-refractivity contribution in [3.8, 4) is 0 Å². The standard InChI is InChI=1S/C10H2F4O4/c11-5-4-2(15)1-3(10(16)17)18-9(4)8(14)7(13)6(5)12/h1H,(H,16,17). The molecule has 0 fully saturated rings. The summed E-state index contributed by atoms with van der Waals surface area (Å²) >= 11 is 0. The van der Waals surface area contributed by atoms with Crippen LogP contribution in [-0.2, 0) is 0 Å². The summed E-state index contributed by atoms with van der Waals surface area (Å²) in [6.45, 7) is 0. The van der Waals surface area contributed by atoms with Crippen LogP contribution in [0.2, 0.25) is 0 Å². The number of carboxylic acids is 1. The zero-order chi connectivity index (χ0) is 13.6. The normalized spacial score (nSPS) is 10.9. The molecule has 0 saturated heterocycles. The van der Waals surface area contributed by atoms with Gasteiger partial charge in [-0.05, 0) is 0 Å². The van der Waals surface area contributed by atoms with Crippen LogP contribution < -0.4 is 5.43 Å². The van der Waals surface area contributed by atoms with E-state index in [1.165, 1.54) is 0 Å². The van der Waals surface area contributed by atoms with Gasteiger partial charge in [0.25, 0.3) is 0 Å². The van der Waals surface area contributed by atoms with Crippen LogP contribution in [0, 0.1) is 23.3 Å². The van der Waals surface area contributed by atoms with E-state index >= 15 is 0 Å². The van der Waals surface area contributed by atoms with Crippen molar-refractivity contribution in [2.75, 3.05) is 0 Å². The Labute approximate surface area is 95.1 Å². The molecule has 0 radical (unpaired) electrons. The van der Waals surface area contributed by atoms with Crippen LogP contribution in [-0.4, -0.2) is 11.1 Å². The maximum atomic E-state index is 13.3. The summed E-state index contributed by atoms with van der Waals surface area (Å²) in [6, 6.07) is 0.338. The Bertz CT molecular complexity index is 735. The van der Waals surface area contributed by atoms with E-state index < -0.39 is 51.4 Å². The van der Waals surface area contributed by atoms with Gasteiger partial charge in [0.1, 0.15) is 5.39 Å². The van der Waals surface area contributed by atoms with Gasteiger partial charge in [0.2, 0.25) is 17.4 Å². The van der Waals surface area contributed by atoms with E-state index in [0.29, 0.717) is 6.07 Å². The fraction of sp³-hybridized carbons (Fsp3) is 0. The summed E-state index contributed by atoms with van der Waals surface area (Å²) in [5.41, 5.74) is -2.61. The molecule has 1 heterocycles. The number of rotatable bonds is 1. The number of carboxylic acid groups (broad SMARTS) is 1. The van der Waals surface area contributed by atoms with Crippen LogP contribution in [0.25, 0.3) is 11.0 Å². The highest BCUT2D eigenvalue weighted by atomic mass is 19.2. The fourth-order valence-electron chi connectivity index (χ4n) is 1.36. The van der Waals surface area contributed by atoms with Crippen LogP contribution in [0.1, 0.15) is 10.6 Å². The summed E-state index contributed by atoms with van der Waals surface area (Å²) in [7, 11) is 0. The van der Waals surface area contributed by atoms with Crippen molar-refractivity contribution < 1.29 is 31.9 Å². The predicted octanol–water partition coefficient (Wildman–Crippen LogP) is 2.05. The van der Waals surface area contributed by atoms with E-state index in [-0.39, 0.29) is 0 Å². The highest BCUT2D eigenvalue weighted by molar-refractivity contribution is 5.87. The smallest absolute Gasteiger partial charge is 0.371 e. The van der Waals surface area contributed by atoms with Crippen LogP contribution in [0.3, 0.4) is 0 Å². The third kappa shape index (κ3) is 1.53. The van der Waals surface area contributed by atoms with Gasteiger partial charge >= 0.3 is 5.97 Å². The highest BCUT2D eigenvalue weighted by Gasteiger charge is 2.25. The van der Waals surface area contributed by atoms with E-state index in [1.807, 2.05) is 0 Å². The molecule has 0 aliphatic rings. The molecule has 2 rings (SSSR count). The Morgan fingerprint density at radius 3 is 2.17 bits per heavy atom. The van der Waals surface area contributed by atoms with Gasteiger partial charge in [-0.15, -0.1) is 0 Å². The van der Waals surface area contributed by atoms with Crippen molar-refractivity contribution in [1.82, 2.24) is 0 Å². The Hall–Kier alpha value is -2.38. The molecule has 1 N–H and O–H groups in total. The molecule has 0 amide bonds. The van der Waals surface area contributed by atoms with E-state index in [2.05, 4.69) is 4.42 Å². The first-order valence-corrected chi connectivity index (χ1v) is 4.37. The fourth-order valence-corrected chi connectivity index (χ4v) is 1.36. The first-order chi connectivity index (χ1) is 8.34. The van der Waals surface area contributed by atoms with E-state index in [4.69, 9.17) is 5.11 Å². The largest absolute Gasteiger partial charge is 0.475 e. The number of fused-ring (bicyclic) bond motifs is 1. The monoisotopic (exact) mass is 262 g/mol. The molecule has 2 aromatic rings. The van der Waals surface area contributed by atoms with Crippen molar-refractivity contribution in [1.29, 1.82) is 0 Å². The topological polar surface area (TPSA) is 67.5 Å². The number of halogens is 4. The lowest BCUT2D eigenvalue weighted by Gasteiger charge is -2.03. The molecule has 0 spiro atoms. The molecule has 0 bridgehead atoms. The lowest BCUT2D eigenvalue weighted by Crippen LogP contribution is -2.11. The molecule has 1 aromatic heterocycles. The average Bonchev–Trinajstić information content (AvgIpc) is 2.32. The Balaban J connectivity index is 3.07. The third-order valence-electron chi connectivity index (χ3n) is 2.16.